The normalized spacial score (nSPS) is 13.8. The molecule has 0 aromatic heterocycles. The van der Waals surface area contributed by atoms with Gasteiger partial charge in [0.1, 0.15) is 5.69 Å². The number of alkyl halides is 1. The number of esters is 1. The molecule has 1 aromatic carbocycles. The lowest BCUT2D eigenvalue weighted by Crippen LogP contribution is -2.28. The van der Waals surface area contributed by atoms with Crippen LogP contribution in [-0.4, -0.2) is 17.6 Å². The maximum absolute atomic E-state index is 12.1. The fourth-order valence-corrected chi connectivity index (χ4v) is 2.98. The molecule has 0 aliphatic carbocycles. The van der Waals surface area contributed by atoms with Gasteiger partial charge in [-0.25, -0.2) is 4.79 Å². The lowest BCUT2D eigenvalue weighted by Gasteiger charge is -2.14. The fourth-order valence-electron chi connectivity index (χ4n) is 1.99. The first-order chi connectivity index (χ1) is 11.8. The summed E-state index contributed by atoms with van der Waals surface area (Å²) in [6, 6.07) is 2.96. The largest absolute Gasteiger partial charge is 0.463 e. The summed E-state index contributed by atoms with van der Waals surface area (Å²) in [5.74, 6) is -0.660. The van der Waals surface area contributed by atoms with Crippen molar-refractivity contribution in [2.75, 3.05) is 6.61 Å². The van der Waals surface area contributed by atoms with Crippen LogP contribution in [0.4, 0.5) is 5.69 Å². The number of hydrogen-bond acceptors (Lipinski definition) is 4. The Hall–Kier alpha value is -0.550. The van der Waals surface area contributed by atoms with Gasteiger partial charge in [0, 0.05) is 5.02 Å². The number of azo groups is 1. The molecule has 4 nitrogen and oxygen atoms in total. The van der Waals surface area contributed by atoms with Crippen LogP contribution in [0.1, 0.15) is 52.4 Å². The van der Waals surface area contributed by atoms with E-state index >= 15 is 0 Å². The number of carbonyl (C=O) groups is 1. The summed E-state index contributed by atoms with van der Waals surface area (Å²) >= 11 is 24.0. The van der Waals surface area contributed by atoms with E-state index < -0.39 is 11.0 Å². The van der Waals surface area contributed by atoms with Crippen LogP contribution in [0.25, 0.3) is 0 Å². The third-order valence-corrected chi connectivity index (χ3v) is 4.45. The molecule has 1 aromatic rings. The number of ether oxygens (including phenoxy) is 1. The second kappa shape index (κ2) is 11.2. The van der Waals surface area contributed by atoms with Crippen molar-refractivity contribution in [3.63, 3.8) is 0 Å². The molecule has 25 heavy (non-hydrogen) atoms. The summed E-state index contributed by atoms with van der Waals surface area (Å²) < 4.78 is 5.17. The van der Waals surface area contributed by atoms with Crippen molar-refractivity contribution in [1.29, 1.82) is 0 Å². The van der Waals surface area contributed by atoms with Gasteiger partial charge >= 0.3 is 5.97 Å². The number of unbranched alkanes of at least 4 members (excludes halogenated alkanes) is 5. The summed E-state index contributed by atoms with van der Waals surface area (Å²) in [5.41, 5.74) is 0.198. The van der Waals surface area contributed by atoms with Crippen LogP contribution < -0.4 is 0 Å². The summed E-state index contributed by atoms with van der Waals surface area (Å²) in [7, 11) is 0. The third kappa shape index (κ3) is 8.12. The summed E-state index contributed by atoms with van der Waals surface area (Å²) in [5, 5.41) is 8.52. The van der Waals surface area contributed by atoms with Crippen LogP contribution in [0.3, 0.4) is 0 Å². The van der Waals surface area contributed by atoms with Gasteiger partial charge < -0.3 is 4.74 Å². The molecule has 0 radical (unpaired) electrons. The highest BCUT2D eigenvalue weighted by Gasteiger charge is 2.32. The molecule has 0 N–H and O–H groups in total. The highest BCUT2D eigenvalue weighted by atomic mass is 35.5. The van der Waals surface area contributed by atoms with E-state index in [1.54, 1.807) is 0 Å². The molecule has 0 fully saturated rings. The van der Waals surface area contributed by atoms with Crippen LogP contribution in [0.15, 0.2) is 22.4 Å². The zero-order chi connectivity index (χ0) is 18.9. The van der Waals surface area contributed by atoms with Gasteiger partial charge in [-0.05, 0) is 25.5 Å². The Bertz CT molecular complexity index is 583. The Kier molecular flexibility index (Phi) is 10.1. The van der Waals surface area contributed by atoms with Crippen molar-refractivity contribution in [3.05, 3.63) is 27.2 Å². The topological polar surface area (TPSA) is 51.0 Å². The van der Waals surface area contributed by atoms with Crippen LogP contribution in [0, 0.1) is 0 Å². The summed E-state index contributed by atoms with van der Waals surface area (Å²) in [6.45, 7) is 3.88. The number of rotatable bonds is 10. The molecule has 0 amide bonds. The van der Waals surface area contributed by atoms with E-state index in [2.05, 4.69) is 17.2 Å². The zero-order valence-corrected chi connectivity index (χ0v) is 17.4. The molecule has 8 heteroatoms. The predicted octanol–water partition coefficient (Wildman–Crippen LogP) is 7.59. The van der Waals surface area contributed by atoms with Crippen molar-refractivity contribution in [1.82, 2.24) is 0 Å². The van der Waals surface area contributed by atoms with E-state index in [1.165, 1.54) is 38.3 Å². The second-order valence-corrected chi connectivity index (χ2v) is 7.76. The molecule has 0 heterocycles. The van der Waals surface area contributed by atoms with Gasteiger partial charge in [0.15, 0.2) is 0 Å². The van der Waals surface area contributed by atoms with Crippen LogP contribution in [0.2, 0.25) is 15.1 Å². The lowest BCUT2D eigenvalue weighted by molar-refractivity contribution is -0.146. The quantitative estimate of drug-likeness (QED) is 0.127. The third-order valence-electron chi connectivity index (χ3n) is 3.42. The SMILES string of the molecule is CCCCCCCCOC(=O)C(C)(Cl)N=Nc1c(Cl)cc(Cl)cc1Cl. The zero-order valence-electron chi connectivity index (χ0n) is 14.3. The maximum Gasteiger partial charge on any atom is 0.351 e. The van der Waals surface area contributed by atoms with E-state index in [-0.39, 0.29) is 15.7 Å². The van der Waals surface area contributed by atoms with Crippen molar-refractivity contribution in [2.24, 2.45) is 10.2 Å². The minimum Gasteiger partial charge on any atom is -0.463 e. The first kappa shape index (κ1) is 22.5. The van der Waals surface area contributed by atoms with Gasteiger partial charge in [-0.2, -0.15) is 10.2 Å². The maximum atomic E-state index is 12.1. The standard InChI is InChI=1S/C17H22Cl4N2O2/c1-3-4-5-6-7-8-9-25-16(24)17(2,21)23-22-15-13(19)10-12(18)11-14(15)20/h10-11H,3-9H2,1-2H3. The molecule has 0 aliphatic heterocycles. The molecule has 0 spiro atoms. The first-order valence-electron chi connectivity index (χ1n) is 8.21. The Labute approximate surface area is 168 Å². The van der Waals surface area contributed by atoms with Crippen LogP contribution in [-0.2, 0) is 9.53 Å². The minimum absolute atomic E-state index is 0.198. The minimum atomic E-state index is -1.64. The Morgan fingerprint density at radius 2 is 1.64 bits per heavy atom. The monoisotopic (exact) mass is 426 g/mol. The Morgan fingerprint density at radius 3 is 2.24 bits per heavy atom. The van der Waals surface area contributed by atoms with E-state index in [0.717, 1.165) is 19.3 Å². The highest BCUT2D eigenvalue weighted by molar-refractivity contribution is 6.41. The van der Waals surface area contributed by atoms with Gasteiger partial charge in [0.05, 0.1) is 16.7 Å². The van der Waals surface area contributed by atoms with Crippen LogP contribution >= 0.6 is 46.4 Å². The summed E-state index contributed by atoms with van der Waals surface area (Å²) in [4.78, 5) is 10.4. The van der Waals surface area contributed by atoms with Crippen molar-refractivity contribution < 1.29 is 9.53 Å². The van der Waals surface area contributed by atoms with E-state index in [1.807, 2.05) is 0 Å². The van der Waals surface area contributed by atoms with Gasteiger partial charge in [-0.1, -0.05) is 85.4 Å². The fraction of sp³-hybridized carbons (Fsp3) is 0.588. The molecule has 1 unspecified atom stereocenters. The molecule has 0 aliphatic rings. The highest BCUT2D eigenvalue weighted by Crippen LogP contribution is 2.37. The number of halogens is 4. The number of hydrogen-bond donors (Lipinski definition) is 0. The lowest BCUT2D eigenvalue weighted by atomic mass is 10.1. The molecule has 1 rings (SSSR count). The Balaban J connectivity index is 2.52. The molecule has 0 bridgehead atoms. The average molecular weight is 428 g/mol. The summed E-state index contributed by atoms with van der Waals surface area (Å²) in [6.07, 6.45) is 6.59. The van der Waals surface area contributed by atoms with Gasteiger partial charge in [0.2, 0.25) is 5.00 Å². The van der Waals surface area contributed by atoms with Crippen molar-refractivity contribution >= 4 is 58.1 Å². The average Bonchev–Trinajstić information content (AvgIpc) is 2.52. The number of carbonyl (C=O) groups excluding carboxylic acids is 1. The second-order valence-electron chi connectivity index (χ2n) is 5.78. The predicted molar refractivity (Wildman–Crippen MR) is 105 cm³/mol. The molecule has 140 valence electrons. The van der Waals surface area contributed by atoms with E-state index in [9.17, 15) is 4.79 Å². The molecule has 0 saturated heterocycles. The Morgan fingerprint density at radius 1 is 1.08 bits per heavy atom. The molecular weight excluding hydrogens is 406 g/mol. The molecular formula is C17H22Cl4N2O2. The van der Waals surface area contributed by atoms with Gasteiger partial charge in [0.25, 0.3) is 0 Å². The van der Waals surface area contributed by atoms with Gasteiger partial charge in [-0.15, -0.1) is 0 Å². The van der Waals surface area contributed by atoms with Crippen LogP contribution in [0.5, 0.6) is 0 Å². The van der Waals surface area contributed by atoms with Crippen molar-refractivity contribution in [2.45, 2.75) is 57.4 Å². The number of nitrogens with zero attached hydrogens (tertiary/aromatic N) is 2. The molecule has 0 saturated carbocycles. The van der Waals surface area contributed by atoms with E-state index in [0.29, 0.717) is 11.6 Å². The molecule has 1 atom stereocenters. The smallest absolute Gasteiger partial charge is 0.351 e. The van der Waals surface area contributed by atoms with Gasteiger partial charge in [-0.3, -0.25) is 0 Å². The number of benzene rings is 1. The van der Waals surface area contributed by atoms with E-state index in [4.69, 9.17) is 51.1 Å². The van der Waals surface area contributed by atoms with Crippen molar-refractivity contribution in [3.8, 4) is 0 Å². The first-order valence-corrected chi connectivity index (χ1v) is 9.72.